The van der Waals surface area contributed by atoms with E-state index < -0.39 is 0 Å². The van der Waals surface area contributed by atoms with E-state index in [1.807, 2.05) is 37.3 Å². The molecule has 2 rings (SSSR count). The van der Waals surface area contributed by atoms with E-state index in [1.165, 1.54) is 0 Å². The van der Waals surface area contributed by atoms with Crippen LogP contribution in [-0.4, -0.2) is 14.2 Å². The predicted octanol–water partition coefficient (Wildman–Crippen LogP) is 5.76. The number of ether oxygens (including phenoxy) is 2. The highest BCUT2D eigenvalue weighted by atomic mass is 79.9. The molecule has 5 heteroatoms. The number of alkyl halides is 1. The van der Waals surface area contributed by atoms with Gasteiger partial charge in [-0.15, -0.1) is 11.6 Å². The second kappa shape index (κ2) is 6.91. The van der Waals surface area contributed by atoms with Gasteiger partial charge in [-0.1, -0.05) is 39.7 Å². The van der Waals surface area contributed by atoms with Gasteiger partial charge in [-0.25, -0.2) is 0 Å². The van der Waals surface area contributed by atoms with Crippen LogP contribution in [0.3, 0.4) is 0 Å². The Morgan fingerprint density at radius 3 is 2.29 bits per heavy atom. The van der Waals surface area contributed by atoms with Gasteiger partial charge in [-0.05, 0) is 41.8 Å². The third-order valence-corrected chi connectivity index (χ3v) is 4.92. The van der Waals surface area contributed by atoms with E-state index in [1.54, 1.807) is 14.2 Å². The Bertz CT molecular complexity index is 659. The van der Waals surface area contributed by atoms with Crippen LogP contribution in [0.25, 0.3) is 0 Å². The highest BCUT2D eigenvalue weighted by molar-refractivity contribution is 9.10. The van der Waals surface area contributed by atoms with Gasteiger partial charge in [0.1, 0.15) is 0 Å². The van der Waals surface area contributed by atoms with Crippen LogP contribution in [0.1, 0.15) is 22.1 Å². The maximum Gasteiger partial charge on any atom is 0.161 e. The minimum absolute atomic E-state index is 0.335. The number of methoxy groups -OCH3 is 2. The number of hydrogen-bond acceptors (Lipinski definition) is 2. The largest absolute Gasteiger partial charge is 0.493 e. The van der Waals surface area contributed by atoms with E-state index >= 15 is 0 Å². The van der Waals surface area contributed by atoms with E-state index in [2.05, 4.69) is 15.9 Å². The molecule has 0 aliphatic heterocycles. The van der Waals surface area contributed by atoms with E-state index in [0.29, 0.717) is 16.5 Å². The summed E-state index contributed by atoms with van der Waals surface area (Å²) in [5, 5.41) is 0.368. The van der Waals surface area contributed by atoms with Crippen LogP contribution in [0.4, 0.5) is 0 Å². The Labute approximate surface area is 143 Å². The van der Waals surface area contributed by atoms with E-state index in [9.17, 15) is 0 Å². The third kappa shape index (κ3) is 3.31. The smallest absolute Gasteiger partial charge is 0.161 e. The first-order valence-corrected chi connectivity index (χ1v) is 7.90. The van der Waals surface area contributed by atoms with Gasteiger partial charge in [0, 0.05) is 9.50 Å². The van der Waals surface area contributed by atoms with Gasteiger partial charge in [0.05, 0.1) is 19.6 Å². The van der Waals surface area contributed by atoms with Gasteiger partial charge >= 0.3 is 0 Å². The van der Waals surface area contributed by atoms with Crippen LogP contribution in [0, 0.1) is 6.92 Å². The molecule has 0 fully saturated rings. The minimum Gasteiger partial charge on any atom is -0.493 e. The van der Waals surface area contributed by atoms with Crippen molar-refractivity contribution in [1.82, 2.24) is 0 Å². The molecule has 0 spiro atoms. The molecule has 0 radical (unpaired) electrons. The lowest BCUT2D eigenvalue weighted by molar-refractivity contribution is 0.354. The zero-order chi connectivity index (χ0) is 15.6. The van der Waals surface area contributed by atoms with Crippen LogP contribution in [0.5, 0.6) is 11.5 Å². The van der Waals surface area contributed by atoms with Crippen LogP contribution in [0.15, 0.2) is 34.8 Å². The van der Waals surface area contributed by atoms with Crippen LogP contribution in [-0.2, 0) is 0 Å². The number of benzene rings is 2. The molecule has 2 aromatic rings. The van der Waals surface area contributed by atoms with Crippen LogP contribution < -0.4 is 9.47 Å². The van der Waals surface area contributed by atoms with E-state index in [0.717, 1.165) is 21.2 Å². The highest BCUT2D eigenvalue weighted by Crippen LogP contribution is 2.42. The molecular formula is C16H15BrCl2O2. The summed E-state index contributed by atoms with van der Waals surface area (Å²) < 4.78 is 11.5. The fourth-order valence-corrected chi connectivity index (χ4v) is 3.41. The SMILES string of the molecule is COc1cc(Br)c(C(Cl)c2cccc(Cl)c2C)cc1OC. The highest BCUT2D eigenvalue weighted by Gasteiger charge is 2.20. The molecule has 0 saturated heterocycles. The molecule has 0 aliphatic carbocycles. The lowest BCUT2D eigenvalue weighted by Crippen LogP contribution is -2.00. The molecule has 112 valence electrons. The molecule has 21 heavy (non-hydrogen) atoms. The van der Waals surface area contributed by atoms with Crippen molar-refractivity contribution in [3.8, 4) is 11.5 Å². The minimum atomic E-state index is -0.335. The predicted molar refractivity (Wildman–Crippen MR) is 91.1 cm³/mol. The third-order valence-electron chi connectivity index (χ3n) is 3.36. The molecule has 0 heterocycles. The standard InChI is InChI=1S/C16H15BrCl2O2/c1-9-10(5-4-6-13(9)18)16(19)11-7-14(20-2)15(21-3)8-12(11)17/h4-8,16H,1-3H3. The lowest BCUT2D eigenvalue weighted by atomic mass is 9.99. The summed E-state index contributed by atoms with van der Waals surface area (Å²) in [6.07, 6.45) is 0. The fraction of sp³-hybridized carbons (Fsp3) is 0.250. The van der Waals surface area contributed by atoms with Crippen molar-refractivity contribution < 1.29 is 9.47 Å². The van der Waals surface area contributed by atoms with Crippen molar-refractivity contribution in [3.05, 3.63) is 56.5 Å². The summed E-state index contributed by atoms with van der Waals surface area (Å²) in [6, 6.07) is 9.45. The van der Waals surface area contributed by atoms with Gasteiger partial charge < -0.3 is 9.47 Å². The van der Waals surface area contributed by atoms with Crippen molar-refractivity contribution in [2.75, 3.05) is 14.2 Å². The Balaban J connectivity index is 2.53. The van der Waals surface area contributed by atoms with Crippen LogP contribution >= 0.6 is 39.1 Å². The Kier molecular flexibility index (Phi) is 5.42. The van der Waals surface area contributed by atoms with Crippen molar-refractivity contribution in [2.45, 2.75) is 12.3 Å². The van der Waals surface area contributed by atoms with E-state index in [-0.39, 0.29) is 5.38 Å². The summed E-state index contributed by atoms with van der Waals surface area (Å²) in [7, 11) is 3.20. The van der Waals surface area contributed by atoms with Crippen LogP contribution in [0.2, 0.25) is 5.02 Å². The van der Waals surface area contributed by atoms with Gasteiger partial charge in [0.2, 0.25) is 0 Å². The van der Waals surface area contributed by atoms with Gasteiger partial charge in [-0.3, -0.25) is 0 Å². The number of hydrogen-bond donors (Lipinski definition) is 0. The number of halogens is 3. The molecule has 0 aromatic heterocycles. The molecule has 0 aliphatic rings. The summed E-state index contributed by atoms with van der Waals surface area (Å²) >= 11 is 16.4. The van der Waals surface area contributed by atoms with Gasteiger partial charge in [0.25, 0.3) is 0 Å². The van der Waals surface area contributed by atoms with Crippen molar-refractivity contribution in [1.29, 1.82) is 0 Å². The number of rotatable bonds is 4. The average molecular weight is 390 g/mol. The van der Waals surface area contributed by atoms with Crippen molar-refractivity contribution >= 4 is 39.1 Å². The Hall–Kier alpha value is -0.900. The van der Waals surface area contributed by atoms with Gasteiger partial charge in [0.15, 0.2) is 11.5 Å². The summed E-state index contributed by atoms with van der Waals surface area (Å²) in [5.74, 6) is 1.29. The van der Waals surface area contributed by atoms with Crippen molar-refractivity contribution in [3.63, 3.8) is 0 Å². The molecule has 0 N–H and O–H groups in total. The lowest BCUT2D eigenvalue weighted by Gasteiger charge is -2.18. The van der Waals surface area contributed by atoms with Gasteiger partial charge in [-0.2, -0.15) is 0 Å². The Morgan fingerprint density at radius 2 is 1.67 bits per heavy atom. The summed E-state index contributed by atoms with van der Waals surface area (Å²) in [5.41, 5.74) is 2.85. The molecule has 0 saturated carbocycles. The topological polar surface area (TPSA) is 18.5 Å². The quantitative estimate of drug-likeness (QED) is 0.619. The maximum atomic E-state index is 6.65. The molecular weight excluding hydrogens is 375 g/mol. The first-order valence-electron chi connectivity index (χ1n) is 6.30. The fourth-order valence-electron chi connectivity index (χ4n) is 2.13. The zero-order valence-corrected chi connectivity index (χ0v) is 15.0. The summed E-state index contributed by atoms with van der Waals surface area (Å²) in [6.45, 7) is 1.96. The second-order valence-corrected chi connectivity index (χ2v) is 6.24. The zero-order valence-electron chi connectivity index (χ0n) is 11.9. The molecule has 0 amide bonds. The second-order valence-electron chi connectivity index (χ2n) is 4.55. The summed E-state index contributed by atoms with van der Waals surface area (Å²) in [4.78, 5) is 0. The molecule has 2 aromatic carbocycles. The normalized spacial score (nSPS) is 12.1. The molecule has 1 atom stereocenters. The van der Waals surface area contributed by atoms with E-state index in [4.69, 9.17) is 32.7 Å². The maximum absolute atomic E-state index is 6.65. The first kappa shape index (κ1) is 16.5. The first-order chi connectivity index (χ1) is 9.99. The van der Waals surface area contributed by atoms with Crippen molar-refractivity contribution in [2.24, 2.45) is 0 Å². The Morgan fingerprint density at radius 1 is 1.05 bits per heavy atom. The monoisotopic (exact) mass is 388 g/mol. The average Bonchev–Trinajstić information content (AvgIpc) is 2.49. The molecule has 0 bridgehead atoms. The molecule has 1 unspecified atom stereocenters. The molecule has 2 nitrogen and oxygen atoms in total.